The zero-order valence-corrected chi connectivity index (χ0v) is 8.70. The van der Waals surface area contributed by atoms with Crippen LogP contribution in [0.5, 0.6) is 5.88 Å². The van der Waals surface area contributed by atoms with Crippen molar-refractivity contribution in [3.63, 3.8) is 0 Å². The summed E-state index contributed by atoms with van der Waals surface area (Å²) in [6.45, 7) is -0.157. The van der Waals surface area contributed by atoms with Crippen molar-refractivity contribution < 1.29 is 27.8 Å². The van der Waals surface area contributed by atoms with Gasteiger partial charge in [0.2, 0.25) is 5.88 Å². The van der Waals surface area contributed by atoms with Gasteiger partial charge >= 0.3 is 12.1 Å². The molecule has 7 heteroatoms. The topological polar surface area (TPSA) is 59.4 Å². The molecule has 0 spiro atoms. The number of pyridine rings is 1. The number of carboxylic acid groups (broad SMARTS) is 1. The summed E-state index contributed by atoms with van der Waals surface area (Å²) in [5, 5.41) is 8.62. The van der Waals surface area contributed by atoms with Crippen LogP contribution in [0.15, 0.2) is 18.2 Å². The molecule has 0 atom stereocenters. The van der Waals surface area contributed by atoms with Gasteiger partial charge in [0.05, 0.1) is 6.61 Å². The molecule has 1 heterocycles. The maximum atomic E-state index is 11.8. The second kappa shape index (κ2) is 5.51. The van der Waals surface area contributed by atoms with Gasteiger partial charge in [0, 0.05) is 12.5 Å². The molecule has 0 bridgehead atoms. The highest BCUT2D eigenvalue weighted by Gasteiger charge is 2.26. The normalized spacial score (nSPS) is 11.2. The molecule has 0 aromatic carbocycles. The molecule has 0 aliphatic heterocycles. The first kappa shape index (κ1) is 13.3. The molecule has 1 aromatic rings. The lowest BCUT2D eigenvalue weighted by atomic mass is 10.3. The smallest absolute Gasteiger partial charge is 0.389 e. The van der Waals surface area contributed by atoms with Crippen LogP contribution in [0.1, 0.15) is 23.3 Å². The van der Waals surface area contributed by atoms with Crippen molar-refractivity contribution >= 4 is 5.97 Å². The Morgan fingerprint density at radius 3 is 2.71 bits per heavy atom. The van der Waals surface area contributed by atoms with E-state index in [4.69, 9.17) is 9.84 Å². The quantitative estimate of drug-likeness (QED) is 0.814. The summed E-state index contributed by atoms with van der Waals surface area (Å²) in [5.41, 5.74) is -0.210. The molecular weight excluding hydrogens is 239 g/mol. The molecule has 0 amide bonds. The zero-order valence-electron chi connectivity index (χ0n) is 8.70. The number of aromatic nitrogens is 1. The summed E-state index contributed by atoms with van der Waals surface area (Å²) < 4.78 is 40.3. The number of carbonyl (C=O) groups is 1. The third kappa shape index (κ3) is 5.19. The highest BCUT2D eigenvalue weighted by molar-refractivity contribution is 5.85. The van der Waals surface area contributed by atoms with E-state index in [0.29, 0.717) is 0 Å². The molecule has 1 N–H and O–H groups in total. The molecule has 0 aliphatic rings. The van der Waals surface area contributed by atoms with Gasteiger partial charge in [0.1, 0.15) is 0 Å². The highest BCUT2D eigenvalue weighted by Crippen LogP contribution is 2.21. The Kier molecular flexibility index (Phi) is 4.30. The number of hydrogen-bond acceptors (Lipinski definition) is 3. The lowest BCUT2D eigenvalue weighted by molar-refractivity contribution is -0.136. The second-order valence-corrected chi connectivity index (χ2v) is 3.23. The lowest BCUT2D eigenvalue weighted by Crippen LogP contribution is -2.10. The average molecular weight is 249 g/mol. The third-order valence-electron chi connectivity index (χ3n) is 1.80. The van der Waals surface area contributed by atoms with Crippen molar-refractivity contribution in [2.45, 2.75) is 19.0 Å². The molecule has 0 unspecified atom stereocenters. The average Bonchev–Trinajstić information content (AvgIpc) is 2.23. The monoisotopic (exact) mass is 249 g/mol. The molecule has 0 fully saturated rings. The number of nitrogens with zero attached hydrogens (tertiary/aromatic N) is 1. The van der Waals surface area contributed by atoms with Gasteiger partial charge < -0.3 is 9.84 Å². The Hall–Kier alpha value is -1.79. The predicted molar refractivity (Wildman–Crippen MR) is 52.0 cm³/mol. The number of alkyl halides is 3. The molecule has 0 saturated heterocycles. The van der Waals surface area contributed by atoms with Crippen LogP contribution in [0.3, 0.4) is 0 Å². The Morgan fingerprint density at radius 1 is 1.41 bits per heavy atom. The van der Waals surface area contributed by atoms with Crippen LogP contribution in [0, 0.1) is 0 Å². The van der Waals surface area contributed by atoms with Crippen molar-refractivity contribution in [1.29, 1.82) is 0 Å². The van der Waals surface area contributed by atoms with Gasteiger partial charge in [0.25, 0.3) is 0 Å². The van der Waals surface area contributed by atoms with E-state index in [2.05, 4.69) is 4.98 Å². The standard InChI is InChI=1S/C10H10F3NO3/c11-10(12,13)5-2-6-17-8-4-1-3-7(14-8)9(15)16/h1,3-4H,2,5-6H2,(H,15,16). The Balaban J connectivity index is 2.42. The number of carboxylic acids is 1. The fourth-order valence-corrected chi connectivity index (χ4v) is 1.06. The van der Waals surface area contributed by atoms with Crippen molar-refractivity contribution in [2.75, 3.05) is 6.61 Å². The first-order chi connectivity index (χ1) is 7.88. The van der Waals surface area contributed by atoms with Gasteiger partial charge in [-0.25, -0.2) is 9.78 Å². The molecule has 1 rings (SSSR count). The summed E-state index contributed by atoms with van der Waals surface area (Å²) in [6.07, 6.45) is -5.34. The second-order valence-electron chi connectivity index (χ2n) is 3.23. The van der Waals surface area contributed by atoms with Crippen LogP contribution in [0.2, 0.25) is 0 Å². The van der Waals surface area contributed by atoms with Crippen LogP contribution in [0.4, 0.5) is 13.2 Å². The molecular formula is C10H10F3NO3. The fourth-order valence-electron chi connectivity index (χ4n) is 1.06. The van der Waals surface area contributed by atoms with Gasteiger partial charge in [-0.15, -0.1) is 0 Å². The summed E-state index contributed by atoms with van der Waals surface area (Å²) in [7, 11) is 0. The highest BCUT2D eigenvalue weighted by atomic mass is 19.4. The number of rotatable bonds is 5. The molecule has 0 radical (unpaired) electrons. The zero-order chi connectivity index (χ0) is 12.9. The molecule has 0 saturated carbocycles. The molecule has 0 aliphatic carbocycles. The van der Waals surface area contributed by atoms with Crippen LogP contribution < -0.4 is 4.74 Å². The lowest BCUT2D eigenvalue weighted by Gasteiger charge is -2.07. The van der Waals surface area contributed by atoms with Crippen LogP contribution >= 0.6 is 0 Å². The molecule has 1 aromatic heterocycles. The Morgan fingerprint density at radius 2 is 2.12 bits per heavy atom. The van der Waals surface area contributed by atoms with E-state index in [1.807, 2.05) is 0 Å². The van der Waals surface area contributed by atoms with Crippen molar-refractivity contribution in [2.24, 2.45) is 0 Å². The fraction of sp³-hybridized carbons (Fsp3) is 0.400. The first-order valence-electron chi connectivity index (χ1n) is 4.78. The Bertz CT molecular complexity index is 393. The maximum Gasteiger partial charge on any atom is 0.389 e. The van der Waals surface area contributed by atoms with Gasteiger partial charge in [-0.05, 0) is 12.5 Å². The number of ether oxygens (including phenoxy) is 1. The van der Waals surface area contributed by atoms with Crippen LogP contribution in [-0.4, -0.2) is 28.8 Å². The first-order valence-corrected chi connectivity index (χ1v) is 4.78. The summed E-state index contributed by atoms with van der Waals surface area (Å²) in [5.74, 6) is -1.21. The van der Waals surface area contributed by atoms with E-state index >= 15 is 0 Å². The largest absolute Gasteiger partial charge is 0.478 e. The summed E-state index contributed by atoms with van der Waals surface area (Å²) >= 11 is 0. The van der Waals surface area contributed by atoms with E-state index in [-0.39, 0.29) is 24.6 Å². The minimum absolute atomic E-state index is 0.00655. The van der Waals surface area contributed by atoms with Crippen LogP contribution in [-0.2, 0) is 0 Å². The third-order valence-corrected chi connectivity index (χ3v) is 1.80. The van der Waals surface area contributed by atoms with E-state index in [1.165, 1.54) is 18.2 Å². The predicted octanol–water partition coefficient (Wildman–Crippen LogP) is 2.50. The minimum atomic E-state index is -4.21. The van der Waals surface area contributed by atoms with E-state index < -0.39 is 18.6 Å². The van der Waals surface area contributed by atoms with Gasteiger partial charge in [-0.1, -0.05) is 6.07 Å². The van der Waals surface area contributed by atoms with Crippen molar-refractivity contribution in [1.82, 2.24) is 4.98 Å². The van der Waals surface area contributed by atoms with Gasteiger partial charge in [-0.2, -0.15) is 13.2 Å². The number of hydrogen-bond donors (Lipinski definition) is 1. The summed E-state index contributed by atoms with van der Waals surface area (Å²) in [4.78, 5) is 14.2. The van der Waals surface area contributed by atoms with Gasteiger partial charge in [-0.3, -0.25) is 0 Å². The molecule has 94 valence electrons. The van der Waals surface area contributed by atoms with Gasteiger partial charge in [0.15, 0.2) is 5.69 Å². The summed E-state index contributed by atoms with van der Waals surface area (Å²) in [6, 6.07) is 4.07. The van der Waals surface area contributed by atoms with E-state index in [9.17, 15) is 18.0 Å². The number of aromatic carboxylic acids is 1. The van der Waals surface area contributed by atoms with Crippen molar-refractivity contribution in [3.8, 4) is 5.88 Å². The molecule has 4 nitrogen and oxygen atoms in total. The number of halogens is 3. The van der Waals surface area contributed by atoms with Crippen LogP contribution in [0.25, 0.3) is 0 Å². The molecule has 17 heavy (non-hydrogen) atoms. The van der Waals surface area contributed by atoms with E-state index in [1.54, 1.807) is 0 Å². The minimum Gasteiger partial charge on any atom is -0.478 e. The van der Waals surface area contributed by atoms with Crippen molar-refractivity contribution in [3.05, 3.63) is 23.9 Å². The Labute approximate surface area is 95.0 Å². The maximum absolute atomic E-state index is 11.8. The SMILES string of the molecule is O=C(O)c1cccc(OCCCC(F)(F)F)n1. The van der Waals surface area contributed by atoms with E-state index in [0.717, 1.165) is 0 Å².